The van der Waals surface area contributed by atoms with Crippen LogP contribution in [-0.2, 0) is 5.75 Å². The van der Waals surface area contributed by atoms with Crippen molar-refractivity contribution in [1.82, 2.24) is 10.2 Å². The van der Waals surface area contributed by atoms with Gasteiger partial charge in [-0.05, 0) is 17.7 Å². The predicted molar refractivity (Wildman–Crippen MR) is 79.1 cm³/mol. The molecule has 0 saturated carbocycles. The average Bonchev–Trinajstić information content (AvgIpc) is 3.09. The Bertz CT molecular complexity index is 599. The second kappa shape index (κ2) is 6.35. The zero-order chi connectivity index (χ0) is 13.9. The van der Waals surface area contributed by atoms with Crippen LogP contribution in [0.1, 0.15) is 30.3 Å². The Morgan fingerprint density at radius 1 is 1.30 bits per heavy atom. The summed E-state index contributed by atoms with van der Waals surface area (Å²) in [6.07, 6.45) is 2.32. The lowest BCUT2D eigenvalue weighted by molar-refractivity contribution is -0.678. The number of rotatable bonds is 4. The summed E-state index contributed by atoms with van der Waals surface area (Å²) in [6, 6.07) is 5.94. The zero-order valence-electron chi connectivity index (χ0n) is 10.7. The van der Waals surface area contributed by atoms with Gasteiger partial charge >= 0.3 is 0 Å². The molecule has 1 aliphatic heterocycles. The Balaban J connectivity index is 1.61. The number of nitrogens with two attached hydrogens (primary N) is 1. The third-order valence-corrected chi connectivity index (χ3v) is 4.88. The van der Waals surface area contributed by atoms with E-state index in [0.717, 1.165) is 30.2 Å². The minimum Gasteiger partial charge on any atom is -0.410 e. The van der Waals surface area contributed by atoms with Crippen LogP contribution in [0.2, 0.25) is 10.0 Å². The van der Waals surface area contributed by atoms with Gasteiger partial charge in [-0.1, -0.05) is 41.0 Å². The van der Waals surface area contributed by atoms with Crippen molar-refractivity contribution in [2.45, 2.75) is 29.9 Å². The molecule has 3 rings (SSSR count). The molecule has 0 bridgehead atoms. The van der Waals surface area contributed by atoms with E-state index in [2.05, 4.69) is 15.5 Å². The summed E-state index contributed by atoms with van der Waals surface area (Å²) in [5.74, 6) is 1.46. The highest BCUT2D eigenvalue weighted by atomic mass is 35.5. The molecule has 1 fully saturated rings. The van der Waals surface area contributed by atoms with Crippen LogP contribution in [0.5, 0.6) is 0 Å². The standard InChI is InChI=1S/C13H13Cl2N3OS/c14-9-4-3-8(6-10(9)15)7-20-13-18-17-12(19-13)11-2-1-5-16-11/h3-4,6,11,16H,1-2,5,7H2/p+1/t11-/m1/s1. The Labute approximate surface area is 131 Å². The number of hydrogen-bond acceptors (Lipinski definition) is 4. The highest BCUT2D eigenvalue weighted by molar-refractivity contribution is 7.98. The fourth-order valence-electron chi connectivity index (χ4n) is 2.20. The Morgan fingerprint density at radius 2 is 2.20 bits per heavy atom. The molecular weight excluding hydrogens is 317 g/mol. The van der Waals surface area contributed by atoms with E-state index in [9.17, 15) is 0 Å². The Hall–Kier alpha value is -0.750. The van der Waals surface area contributed by atoms with Crippen LogP contribution in [0.25, 0.3) is 0 Å². The van der Waals surface area contributed by atoms with Crippen molar-refractivity contribution in [3.05, 3.63) is 39.7 Å². The summed E-state index contributed by atoms with van der Waals surface area (Å²) in [4.78, 5) is 0. The topological polar surface area (TPSA) is 55.5 Å². The average molecular weight is 331 g/mol. The first-order valence-electron chi connectivity index (χ1n) is 6.46. The second-order valence-electron chi connectivity index (χ2n) is 4.72. The van der Waals surface area contributed by atoms with Gasteiger partial charge in [0.15, 0.2) is 6.04 Å². The molecule has 0 unspecified atom stereocenters. The van der Waals surface area contributed by atoms with Crippen molar-refractivity contribution in [3.8, 4) is 0 Å². The van der Waals surface area contributed by atoms with Crippen molar-refractivity contribution in [1.29, 1.82) is 0 Å². The van der Waals surface area contributed by atoms with E-state index in [0.29, 0.717) is 21.3 Å². The van der Waals surface area contributed by atoms with Gasteiger partial charge in [-0.25, -0.2) is 0 Å². The SMILES string of the molecule is Clc1ccc(CSc2nnc([C@H]3CCC[NH2+]3)o2)cc1Cl. The summed E-state index contributed by atoms with van der Waals surface area (Å²) in [7, 11) is 0. The number of aromatic nitrogens is 2. The molecule has 0 radical (unpaired) electrons. The van der Waals surface area contributed by atoms with Gasteiger partial charge in [-0.3, -0.25) is 0 Å². The normalized spacial score (nSPS) is 18.6. The lowest BCUT2D eigenvalue weighted by Crippen LogP contribution is -2.81. The third-order valence-electron chi connectivity index (χ3n) is 3.26. The molecule has 7 heteroatoms. The smallest absolute Gasteiger partial charge is 0.277 e. The molecule has 0 aliphatic carbocycles. The van der Waals surface area contributed by atoms with E-state index in [1.807, 2.05) is 12.1 Å². The number of hydrogen-bond donors (Lipinski definition) is 1. The largest absolute Gasteiger partial charge is 0.410 e. The molecule has 0 amide bonds. The molecule has 106 valence electrons. The third kappa shape index (κ3) is 3.28. The highest BCUT2D eigenvalue weighted by Gasteiger charge is 2.26. The number of nitrogens with zero attached hydrogens (tertiary/aromatic N) is 2. The Morgan fingerprint density at radius 3 is 2.95 bits per heavy atom. The molecule has 1 atom stereocenters. The van der Waals surface area contributed by atoms with Crippen molar-refractivity contribution < 1.29 is 9.73 Å². The van der Waals surface area contributed by atoms with Crippen LogP contribution < -0.4 is 5.32 Å². The van der Waals surface area contributed by atoms with Crippen molar-refractivity contribution in [2.75, 3.05) is 6.54 Å². The number of thioether (sulfide) groups is 1. The maximum atomic E-state index is 5.99. The fourth-order valence-corrected chi connectivity index (χ4v) is 3.24. The van der Waals surface area contributed by atoms with Crippen molar-refractivity contribution in [2.24, 2.45) is 0 Å². The van der Waals surface area contributed by atoms with Crippen LogP contribution in [0.3, 0.4) is 0 Å². The van der Waals surface area contributed by atoms with Crippen LogP contribution in [0.4, 0.5) is 0 Å². The highest BCUT2D eigenvalue weighted by Crippen LogP contribution is 2.28. The summed E-state index contributed by atoms with van der Waals surface area (Å²) in [5, 5.41) is 12.2. The predicted octanol–water partition coefficient (Wildman–Crippen LogP) is 3.07. The molecule has 2 heterocycles. The van der Waals surface area contributed by atoms with E-state index in [-0.39, 0.29) is 0 Å². The minimum atomic E-state index is 0.335. The first kappa shape index (κ1) is 14.2. The minimum absolute atomic E-state index is 0.335. The molecule has 1 aromatic carbocycles. The molecule has 0 spiro atoms. The number of halogens is 2. The van der Waals surface area contributed by atoms with E-state index < -0.39 is 0 Å². The van der Waals surface area contributed by atoms with Crippen molar-refractivity contribution in [3.63, 3.8) is 0 Å². The van der Waals surface area contributed by atoms with Crippen molar-refractivity contribution >= 4 is 35.0 Å². The molecule has 1 saturated heterocycles. The van der Waals surface area contributed by atoms with Crippen LogP contribution in [0.15, 0.2) is 27.8 Å². The second-order valence-corrected chi connectivity index (χ2v) is 6.46. The maximum absolute atomic E-state index is 5.99. The molecule has 20 heavy (non-hydrogen) atoms. The molecular formula is C13H14Cl2N3OS+. The molecule has 2 aromatic rings. The molecule has 1 aromatic heterocycles. The fraction of sp³-hybridized carbons (Fsp3) is 0.385. The van der Waals surface area contributed by atoms with E-state index >= 15 is 0 Å². The van der Waals surface area contributed by atoms with Gasteiger partial charge in [-0.2, -0.15) is 0 Å². The first-order valence-corrected chi connectivity index (χ1v) is 8.20. The lowest BCUT2D eigenvalue weighted by Gasteiger charge is -2.01. The summed E-state index contributed by atoms with van der Waals surface area (Å²) in [5.41, 5.74) is 1.08. The maximum Gasteiger partial charge on any atom is 0.277 e. The summed E-state index contributed by atoms with van der Waals surface area (Å²) >= 11 is 13.4. The summed E-state index contributed by atoms with van der Waals surface area (Å²) in [6.45, 7) is 1.14. The van der Waals surface area contributed by atoms with E-state index in [1.165, 1.54) is 18.2 Å². The summed E-state index contributed by atoms with van der Waals surface area (Å²) < 4.78 is 5.69. The quantitative estimate of drug-likeness (QED) is 0.875. The van der Waals surface area contributed by atoms with Gasteiger partial charge in [0.25, 0.3) is 11.1 Å². The van der Waals surface area contributed by atoms with Gasteiger partial charge in [-0.15, -0.1) is 10.2 Å². The van der Waals surface area contributed by atoms with Crippen LogP contribution in [-0.4, -0.2) is 16.7 Å². The van der Waals surface area contributed by atoms with Gasteiger partial charge < -0.3 is 9.73 Å². The van der Waals surface area contributed by atoms with Gasteiger partial charge in [0.1, 0.15) is 0 Å². The molecule has 1 aliphatic rings. The first-order chi connectivity index (χ1) is 9.72. The monoisotopic (exact) mass is 330 g/mol. The van der Waals surface area contributed by atoms with Crippen LogP contribution in [0, 0.1) is 0 Å². The molecule has 4 nitrogen and oxygen atoms in total. The van der Waals surface area contributed by atoms with Crippen LogP contribution >= 0.6 is 35.0 Å². The van der Waals surface area contributed by atoms with Gasteiger partial charge in [0, 0.05) is 18.6 Å². The zero-order valence-corrected chi connectivity index (χ0v) is 13.0. The molecule has 2 N–H and O–H groups in total. The number of quaternary nitrogens is 1. The number of benzene rings is 1. The van der Waals surface area contributed by atoms with Gasteiger partial charge in [0.05, 0.1) is 16.6 Å². The Kier molecular flexibility index (Phi) is 4.51. The van der Waals surface area contributed by atoms with E-state index in [4.69, 9.17) is 27.6 Å². The van der Waals surface area contributed by atoms with E-state index in [1.54, 1.807) is 6.07 Å². The lowest BCUT2D eigenvalue weighted by atomic mass is 10.2. The van der Waals surface area contributed by atoms with Gasteiger partial charge in [0.2, 0.25) is 0 Å².